The van der Waals surface area contributed by atoms with Crippen molar-refractivity contribution < 1.29 is 9.59 Å². The molecule has 0 aliphatic carbocycles. The van der Waals surface area contributed by atoms with Gasteiger partial charge < -0.3 is 16.0 Å². The monoisotopic (exact) mass is 388 g/mol. The first-order valence-electron chi connectivity index (χ1n) is 9.47. The molecule has 0 radical (unpaired) electrons. The average Bonchev–Trinajstić information content (AvgIpc) is 2.69. The maximum Gasteiger partial charge on any atom is 0.274 e. The van der Waals surface area contributed by atoms with E-state index in [1.165, 1.54) is 12.5 Å². The molecular formula is C23H24N4O2. The first-order valence-corrected chi connectivity index (χ1v) is 9.47. The molecular weight excluding hydrogens is 364 g/mol. The maximum absolute atomic E-state index is 12.5. The first-order chi connectivity index (χ1) is 14.0. The molecule has 0 spiro atoms. The Hall–Kier alpha value is -3.67. The Kier molecular flexibility index (Phi) is 6.24. The summed E-state index contributed by atoms with van der Waals surface area (Å²) in [6.07, 6.45) is 2.57. The number of benzene rings is 2. The van der Waals surface area contributed by atoms with Crippen LogP contribution in [-0.4, -0.2) is 16.8 Å². The number of nitrogens with one attached hydrogen (secondary N) is 3. The number of aryl methyl sites for hydroxylation is 2. The normalized spacial score (nSPS) is 10.3. The molecule has 1 heterocycles. The summed E-state index contributed by atoms with van der Waals surface area (Å²) in [4.78, 5) is 28.0. The highest BCUT2D eigenvalue weighted by Gasteiger charge is 2.10. The molecule has 0 fully saturated rings. The molecule has 29 heavy (non-hydrogen) atoms. The van der Waals surface area contributed by atoms with Gasteiger partial charge >= 0.3 is 0 Å². The summed E-state index contributed by atoms with van der Waals surface area (Å²) in [5, 5.41) is 8.88. The minimum absolute atomic E-state index is 0.168. The fraction of sp³-hybridized carbons (Fsp3) is 0.174. The van der Waals surface area contributed by atoms with Crippen molar-refractivity contribution >= 4 is 34.6 Å². The average molecular weight is 388 g/mol. The molecule has 0 saturated heterocycles. The van der Waals surface area contributed by atoms with Crippen LogP contribution in [0.25, 0.3) is 0 Å². The number of carbonyl (C=O) groups is 2. The molecule has 148 valence electrons. The zero-order valence-electron chi connectivity index (χ0n) is 16.7. The highest BCUT2D eigenvalue weighted by atomic mass is 16.2. The van der Waals surface area contributed by atoms with E-state index < -0.39 is 0 Å². The number of para-hydroxylation sites is 1. The number of pyridine rings is 1. The summed E-state index contributed by atoms with van der Waals surface area (Å²) in [7, 11) is 0. The summed E-state index contributed by atoms with van der Waals surface area (Å²) < 4.78 is 0. The number of amides is 2. The number of aromatic nitrogens is 1. The van der Waals surface area contributed by atoms with Crippen LogP contribution in [0, 0.1) is 6.92 Å². The molecule has 2 amide bonds. The van der Waals surface area contributed by atoms with Gasteiger partial charge in [-0.2, -0.15) is 0 Å². The van der Waals surface area contributed by atoms with Crippen molar-refractivity contribution in [3.63, 3.8) is 0 Å². The molecule has 3 aromatic rings. The maximum atomic E-state index is 12.5. The Labute approximate surface area is 170 Å². The standard InChI is InChI=1S/C23H24N4O2/c1-4-17-8-5-7-15(2)22(17)26-20-11-12-21(24-14-20)23(29)27-19-10-6-9-18(13-19)25-16(3)28/h5-14,26H,4H2,1-3H3,(H,25,28)(H,27,29). The molecule has 1 aromatic heterocycles. The van der Waals surface area contributed by atoms with Crippen molar-refractivity contribution in [1.82, 2.24) is 4.98 Å². The molecule has 0 unspecified atom stereocenters. The molecule has 2 aromatic carbocycles. The lowest BCUT2D eigenvalue weighted by molar-refractivity contribution is -0.114. The second kappa shape index (κ2) is 9.01. The smallest absolute Gasteiger partial charge is 0.274 e. The molecule has 3 N–H and O–H groups in total. The summed E-state index contributed by atoms with van der Waals surface area (Å²) in [6, 6.07) is 16.7. The third-order valence-electron chi connectivity index (χ3n) is 4.45. The number of hydrogen-bond acceptors (Lipinski definition) is 4. The van der Waals surface area contributed by atoms with Crippen LogP contribution in [0.5, 0.6) is 0 Å². The van der Waals surface area contributed by atoms with Crippen LogP contribution in [0.1, 0.15) is 35.5 Å². The Morgan fingerprint density at radius 1 is 0.931 bits per heavy atom. The fourth-order valence-electron chi connectivity index (χ4n) is 3.02. The number of nitrogens with zero attached hydrogens (tertiary/aromatic N) is 1. The van der Waals surface area contributed by atoms with E-state index in [2.05, 4.69) is 46.9 Å². The predicted octanol–water partition coefficient (Wildman–Crippen LogP) is 4.91. The molecule has 6 heteroatoms. The van der Waals surface area contributed by atoms with Crippen LogP contribution in [0.2, 0.25) is 0 Å². The molecule has 0 saturated carbocycles. The molecule has 6 nitrogen and oxygen atoms in total. The lowest BCUT2D eigenvalue weighted by Gasteiger charge is -2.14. The van der Waals surface area contributed by atoms with Gasteiger partial charge in [-0.15, -0.1) is 0 Å². The van der Waals surface area contributed by atoms with Gasteiger partial charge in [0.15, 0.2) is 0 Å². The van der Waals surface area contributed by atoms with Gasteiger partial charge in [-0.1, -0.05) is 31.2 Å². The van der Waals surface area contributed by atoms with E-state index in [9.17, 15) is 9.59 Å². The van der Waals surface area contributed by atoms with Gasteiger partial charge in [-0.05, 0) is 54.8 Å². The lowest BCUT2D eigenvalue weighted by atomic mass is 10.1. The van der Waals surface area contributed by atoms with E-state index in [0.717, 1.165) is 23.4 Å². The molecule has 0 atom stereocenters. The second-order valence-corrected chi connectivity index (χ2v) is 6.74. The number of hydrogen-bond donors (Lipinski definition) is 3. The zero-order chi connectivity index (χ0) is 20.8. The van der Waals surface area contributed by atoms with Gasteiger partial charge in [0.05, 0.1) is 11.9 Å². The quantitative estimate of drug-likeness (QED) is 0.560. The second-order valence-electron chi connectivity index (χ2n) is 6.74. The van der Waals surface area contributed by atoms with Gasteiger partial charge in [0.1, 0.15) is 5.69 Å². The summed E-state index contributed by atoms with van der Waals surface area (Å²) in [5.41, 5.74) is 5.78. The molecule has 0 aliphatic rings. The van der Waals surface area contributed by atoms with E-state index in [1.54, 1.807) is 36.5 Å². The van der Waals surface area contributed by atoms with E-state index >= 15 is 0 Å². The van der Waals surface area contributed by atoms with Crippen molar-refractivity contribution in [2.45, 2.75) is 27.2 Å². The third-order valence-corrected chi connectivity index (χ3v) is 4.45. The summed E-state index contributed by atoms with van der Waals surface area (Å²) in [5.74, 6) is -0.486. The van der Waals surface area contributed by atoms with Crippen molar-refractivity contribution in [2.24, 2.45) is 0 Å². The third kappa shape index (κ3) is 5.19. The summed E-state index contributed by atoms with van der Waals surface area (Å²) >= 11 is 0. The Morgan fingerprint density at radius 3 is 2.31 bits per heavy atom. The minimum atomic E-state index is -0.318. The van der Waals surface area contributed by atoms with Crippen LogP contribution in [0.4, 0.5) is 22.7 Å². The van der Waals surface area contributed by atoms with E-state index in [1.807, 2.05) is 12.1 Å². The van der Waals surface area contributed by atoms with Crippen molar-refractivity contribution in [3.05, 3.63) is 77.6 Å². The van der Waals surface area contributed by atoms with Crippen molar-refractivity contribution in [2.75, 3.05) is 16.0 Å². The van der Waals surface area contributed by atoms with Gasteiger partial charge in [-0.3, -0.25) is 9.59 Å². The van der Waals surface area contributed by atoms with E-state index in [-0.39, 0.29) is 11.8 Å². The molecule has 0 bridgehead atoms. The van der Waals surface area contributed by atoms with Gasteiger partial charge in [-0.25, -0.2) is 4.98 Å². The van der Waals surface area contributed by atoms with Crippen LogP contribution in [0.3, 0.4) is 0 Å². The minimum Gasteiger partial charge on any atom is -0.354 e. The van der Waals surface area contributed by atoms with Crippen LogP contribution in [-0.2, 0) is 11.2 Å². The Balaban J connectivity index is 1.70. The van der Waals surface area contributed by atoms with Crippen molar-refractivity contribution in [1.29, 1.82) is 0 Å². The lowest BCUT2D eigenvalue weighted by Crippen LogP contribution is -2.14. The number of anilines is 4. The predicted molar refractivity (Wildman–Crippen MR) is 117 cm³/mol. The zero-order valence-corrected chi connectivity index (χ0v) is 16.7. The first kappa shape index (κ1) is 20.1. The SMILES string of the molecule is CCc1cccc(C)c1Nc1ccc(C(=O)Nc2cccc(NC(C)=O)c2)nc1. The highest BCUT2D eigenvalue weighted by Crippen LogP contribution is 2.25. The van der Waals surface area contributed by atoms with Gasteiger partial charge in [0.25, 0.3) is 5.91 Å². The molecule has 0 aliphatic heterocycles. The topological polar surface area (TPSA) is 83.1 Å². The Bertz CT molecular complexity index is 1030. The van der Waals surface area contributed by atoms with E-state index in [0.29, 0.717) is 17.1 Å². The molecule has 3 rings (SSSR count). The van der Waals surface area contributed by atoms with E-state index in [4.69, 9.17) is 0 Å². The fourth-order valence-corrected chi connectivity index (χ4v) is 3.02. The van der Waals surface area contributed by atoms with Crippen LogP contribution < -0.4 is 16.0 Å². The van der Waals surface area contributed by atoms with Crippen LogP contribution >= 0.6 is 0 Å². The van der Waals surface area contributed by atoms with Gasteiger partial charge in [0.2, 0.25) is 5.91 Å². The highest BCUT2D eigenvalue weighted by molar-refractivity contribution is 6.03. The number of rotatable bonds is 6. The summed E-state index contributed by atoms with van der Waals surface area (Å²) in [6.45, 7) is 5.61. The largest absolute Gasteiger partial charge is 0.354 e. The van der Waals surface area contributed by atoms with Crippen molar-refractivity contribution in [3.8, 4) is 0 Å². The Morgan fingerprint density at radius 2 is 1.66 bits per heavy atom. The number of carbonyl (C=O) groups excluding carboxylic acids is 2. The van der Waals surface area contributed by atoms with Gasteiger partial charge in [0, 0.05) is 24.0 Å². The van der Waals surface area contributed by atoms with Crippen LogP contribution in [0.15, 0.2) is 60.8 Å².